The number of esters is 2. The molecule has 1 heterocycles. The van der Waals surface area contributed by atoms with Crippen LogP contribution in [0.15, 0.2) is 194 Å². The lowest BCUT2D eigenvalue weighted by molar-refractivity contribution is -0.151. The predicted octanol–water partition coefficient (Wildman–Crippen LogP) is 12.4. The Kier molecular flexibility index (Phi) is 19.6. The van der Waals surface area contributed by atoms with Gasteiger partial charge in [-0.15, -0.1) is 11.8 Å². The molecule has 2 N–H and O–H groups in total. The van der Waals surface area contributed by atoms with Gasteiger partial charge in [-0.1, -0.05) is 178 Å². The lowest BCUT2D eigenvalue weighted by Crippen LogP contribution is -2.47. The van der Waals surface area contributed by atoms with Gasteiger partial charge < -0.3 is 24.8 Å². The number of ether oxygens (including phenoxy) is 3. The highest BCUT2D eigenvalue weighted by atomic mass is 32.2. The van der Waals surface area contributed by atoms with Crippen LogP contribution in [0.5, 0.6) is 0 Å². The van der Waals surface area contributed by atoms with E-state index in [-0.39, 0.29) is 45.1 Å². The van der Waals surface area contributed by atoms with Crippen LogP contribution in [0, 0.1) is 5.92 Å². The van der Waals surface area contributed by atoms with Gasteiger partial charge in [0.25, 0.3) is 0 Å². The molecular formula is C64H63F3N4O7S. The van der Waals surface area contributed by atoms with Crippen molar-refractivity contribution in [1.29, 1.82) is 0 Å². The zero-order chi connectivity index (χ0) is 55.8. The van der Waals surface area contributed by atoms with Crippen molar-refractivity contribution in [3.8, 4) is 11.1 Å². The molecular weight excluding hydrogens is 1030 g/mol. The van der Waals surface area contributed by atoms with Gasteiger partial charge in [0.15, 0.2) is 0 Å². The van der Waals surface area contributed by atoms with Crippen LogP contribution in [-0.4, -0.2) is 72.0 Å². The molecule has 0 fully saturated rings. The van der Waals surface area contributed by atoms with Crippen molar-refractivity contribution in [2.75, 3.05) is 26.0 Å². The average Bonchev–Trinajstić information content (AvgIpc) is 3.99. The maximum Gasteiger partial charge on any atom is 0.416 e. The number of rotatable bonds is 24. The van der Waals surface area contributed by atoms with E-state index in [0.717, 1.165) is 51.1 Å². The van der Waals surface area contributed by atoms with Gasteiger partial charge in [0, 0.05) is 19.0 Å². The second kappa shape index (κ2) is 27.0. The number of benzene rings is 6. The number of methoxy groups -OCH3 is 1. The average molecular weight is 1090 g/mol. The summed E-state index contributed by atoms with van der Waals surface area (Å²) in [7, 11) is 1.25. The number of nitrogens with zero attached hydrogens (tertiary/aromatic N) is 2. The molecule has 0 aliphatic heterocycles. The van der Waals surface area contributed by atoms with E-state index in [2.05, 4.69) is 59.2 Å². The zero-order valence-electron chi connectivity index (χ0n) is 44.2. The molecule has 0 radical (unpaired) electrons. The Balaban J connectivity index is 0.962. The summed E-state index contributed by atoms with van der Waals surface area (Å²) in [5.74, 6) is -1.68. The van der Waals surface area contributed by atoms with Gasteiger partial charge in [-0.2, -0.15) is 13.2 Å². The minimum atomic E-state index is -4.49. The molecule has 0 unspecified atom stereocenters. The Morgan fingerprint density at radius 2 is 1.24 bits per heavy atom. The summed E-state index contributed by atoms with van der Waals surface area (Å²) in [5, 5.41) is 5.64. The first-order valence-electron chi connectivity index (χ1n) is 26.2. The number of carbonyl (C=O) groups is 4. The molecule has 2 atom stereocenters. The topological polar surface area (TPSA) is 136 Å². The van der Waals surface area contributed by atoms with E-state index in [1.54, 1.807) is 54.8 Å². The van der Waals surface area contributed by atoms with Crippen molar-refractivity contribution >= 4 is 35.7 Å². The van der Waals surface area contributed by atoms with E-state index in [4.69, 9.17) is 19.2 Å². The highest BCUT2D eigenvalue weighted by molar-refractivity contribution is 8.00. The number of alkyl carbamates (subject to hydrolysis) is 1. The maximum absolute atomic E-state index is 14.2. The fourth-order valence-corrected chi connectivity index (χ4v) is 11.3. The van der Waals surface area contributed by atoms with Crippen molar-refractivity contribution in [3.63, 3.8) is 0 Å². The molecule has 11 nitrogen and oxygen atoms in total. The lowest BCUT2D eigenvalue weighted by Gasteiger charge is -2.35. The van der Waals surface area contributed by atoms with Gasteiger partial charge >= 0.3 is 24.2 Å². The van der Waals surface area contributed by atoms with Crippen LogP contribution in [0.25, 0.3) is 11.1 Å². The minimum Gasteiger partial charge on any atom is -0.468 e. The number of pyridine rings is 1. The number of halogens is 3. The number of alkyl halides is 3. The second-order valence-corrected chi connectivity index (χ2v) is 20.8. The van der Waals surface area contributed by atoms with Gasteiger partial charge in [-0.25, -0.2) is 9.59 Å². The maximum atomic E-state index is 14.2. The SMILES string of the molecule is COC(=O)CN(Cc1ccc(C(F)(F)F)cc1)Cc1cccc(CNC(=O)C[C@@H](C=CCCSC(c2ccccc2)(c2ccccc2)c2ccccc2)OC(=O)[C@H](NC(=O)OCC2c3ccccc3-c3ccccc32)C(C)C)n1. The third kappa shape index (κ3) is 15.0. The number of hydrogen-bond acceptors (Lipinski definition) is 10. The number of carbonyl (C=O) groups excluding carboxylic acids is 4. The van der Waals surface area contributed by atoms with Crippen LogP contribution in [-0.2, 0) is 59.2 Å². The van der Waals surface area contributed by atoms with Crippen LogP contribution in [0.4, 0.5) is 18.0 Å². The molecule has 0 saturated heterocycles. The Labute approximate surface area is 463 Å². The third-order valence-electron chi connectivity index (χ3n) is 13.7. The van der Waals surface area contributed by atoms with Crippen LogP contribution in [0.1, 0.15) is 82.9 Å². The third-order valence-corrected chi connectivity index (χ3v) is 15.3. The summed E-state index contributed by atoms with van der Waals surface area (Å²) in [4.78, 5) is 60.4. The molecule has 408 valence electrons. The fourth-order valence-electron chi connectivity index (χ4n) is 9.79. The molecule has 2 amide bonds. The Hall–Kier alpha value is -8.01. The Morgan fingerprint density at radius 1 is 0.684 bits per heavy atom. The first-order chi connectivity index (χ1) is 38.2. The van der Waals surface area contributed by atoms with Crippen molar-refractivity contribution in [3.05, 3.63) is 244 Å². The number of fused-ring (bicyclic) bond motifs is 3. The van der Waals surface area contributed by atoms with Crippen LogP contribution >= 0.6 is 11.8 Å². The predicted molar refractivity (Wildman–Crippen MR) is 300 cm³/mol. The number of thioether (sulfide) groups is 1. The normalized spacial score (nSPS) is 13.1. The summed E-state index contributed by atoms with van der Waals surface area (Å²) in [6, 6.07) is 55.9. The van der Waals surface area contributed by atoms with Gasteiger partial charge in [0.05, 0.1) is 48.3 Å². The number of aromatic nitrogens is 1. The largest absolute Gasteiger partial charge is 0.468 e. The Bertz CT molecular complexity index is 3040. The molecule has 1 aliphatic carbocycles. The highest BCUT2D eigenvalue weighted by Crippen LogP contribution is 2.49. The monoisotopic (exact) mass is 1090 g/mol. The molecule has 1 aliphatic rings. The number of nitrogens with one attached hydrogen (secondary N) is 2. The minimum absolute atomic E-state index is 0.00208. The first-order valence-corrected chi connectivity index (χ1v) is 27.2. The number of amides is 2. The van der Waals surface area contributed by atoms with Gasteiger partial charge in [-0.3, -0.25) is 19.5 Å². The van der Waals surface area contributed by atoms with Crippen LogP contribution in [0.3, 0.4) is 0 Å². The van der Waals surface area contributed by atoms with Crippen molar-refractivity contribution in [2.45, 2.75) is 75.3 Å². The fraction of sp³-hybridized carbons (Fsp3) is 0.266. The summed E-state index contributed by atoms with van der Waals surface area (Å²) in [5.41, 5.74) is 8.42. The Morgan fingerprint density at radius 3 is 1.80 bits per heavy atom. The molecule has 0 bridgehead atoms. The van der Waals surface area contributed by atoms with Crippen molar-refractivity contribution in [1.82, 2.24) is 20.5 Å². The van der Waals surface area contributed by atoms with E-state index in [0.29, 0.717) is 29.1 Å². The quantitative estimate of drug-likeness (QED) is 0.0198. The standard InChI is InChI=1S/C64H63F3N4O7S/c1-44(2)60(70-62(75)77-43-57-55-31-15-13-29-53(55)54-30-14-16-32-56(54)57)61(74)78-52(28-17-18-37-79-63(46-20-7-4-8-21-46,47-22-9-5-10-23-47)48-24-11-6-12-25-48)38-58(72)68-39-50-26-19-27-51(69-50)41-71(42-59(73)76-3)40-45-33-35-49(36-34-45)64(65,66)67/h4-17,19-36,44,52,57,60H,18,37-43H2,1-3H3,(H,68,72)(H,70,75)/t52-,60-/m1/s1. The molecule has 7 aromatic rings. The van der Waals surface area contributed by atoms with E-state index in [1.165, 1.54) is 19.2 Å². The van der Waals surface area contributed by atoms with Gasteiger partial charge in [0.2, 0.25) is 5.91 Å². The summed E-state index contributed by atoms with van der Waals surface area (Å²) in [6.07, 6.45) is -2.40. The summed E-state index contributed by atoms with van der Waals surface area (Å²) < 4.78 is 56.1. The second-order valence-electron chi connectivity index (χ2n) is 19.5. The molecule has 79 heavy (non-hydrogen) atoms. The molecule has 8 rings (SSSR count). The summed E-state index contributed by atoms with van der Waals surface area (Å²) in [6.45, 7) is 3.75. The van der Waals surface area contributed by atoms with Crippen molar-refractivity contribution in [2.24, 2.45) is 5.92 Å². The van der Waals surface area contributed by atoms with Gasteiger partial charge in [0.1, 0.15) is 18.8 Å². The van der Waals surface area contributed by atoms with Crippen LogP contribution in [0.2, 0.25) is 0 Å². The summed E-state index contributed by atoms with van der Waals surface area (Å²) >= 11 is 1.78. The molecule has 1 aromatic heterocycles. The number of hydrogen-bond donors (Lipinski definition) is 2. The zero-order valence-corrected chi connectivity index (χ0v) is 45.1. The van der Waals surface area contributed by atoms with Gasteiger partial charge in [-0.05, 0) is 92.9 Å². The van der Waals surface area contributed by atoms with E-state index < -0.39 is 58.5 Å². The highest BCUT2D eigenvalue weighted by Gasteiger charge is 2.37. The van der Waals surface area contributed by atoms with Crippen LogP contribution < -0.4 is 10.6 Å². The van der Waals surface area contributed by atoms with Crippen molar-refractivity contribution < 1.29 is 46.6 Å². The van der Waals surface area contributed by atoms with E-state index in [1.807, 2.05) is 97.1 Å². The molecule has 0 saturated carbocycles. The molecule has 0 spiro atoms. The van der Waals surface area contributed by atoms with E-state index >= 15 is 0 Å². The first kappa shape index (κ1) is 57.2. The smallest absolute Gasteiger partial charge is 0.416 e. The molecule has 6 aromatic carbocycles. The molecule has 15 heteroatoms. The lowest BCUT2D eigenvalue weighted by atomic mass is 9.84. The van der Waals surface area contributed by atoms with E-state index in [9.17, 15) is 32.3 Å². The number of allylic oxidation sites excluding steroid dienone is 1.